The predicted octanol–water partition coefficient (Wildman–Crippen LogP) is 4.46. The molecular weight excluding hydrogens is 375 g/mol. The highest BCUT2D eigenvalue weighted by Crippen LogP contribution is 2.24. The van der Waals surface area contributed by atoms with Crippen LogP contribution >= 0.6 is 22.6 Å². The molecule has 2 aromatic carbocycles. The van der Waals surface area contributed by atoms with E-state index in [-0.39, 0.29) is 0 Å². The van der Waals surface area contributed by atoms with Crippen LogP contribution in [0, 0.1) is 3.57 Å². The monoisotopic (exact) mass is 388 g/mol. The third kappa shape index (κ3) is 3.78. The molecule has 0 bridgehead atoms. The molecule has 0 fully saturated rings. The van der Waals surface area contributed by atoms with Gasteiger partial charge in [0.2, 0.25) is 5.88 Å². The smallest absolute Gasteiger partial charge is 0.235 e. The number of hydrogen-bond donors (Lipinski definition) is 0. The summed E-state index contributed by atoms with van der Waals surface area (Å²) in [6.45, 7) is 0. The number of aromatic nitrogens is 2. The molecule has 0 saturated heterocycles. The lowest BCUT2D eigenvalue weighted by atomic mass is 10.1. The van der Waals surface area contributed by atoms with Crippen LogP contribution in [0.15, 0.2) is 67.1 Å². The van der Waals surface area contributed by atoms with Crippen LogP contribution in [-0.4, -0.2) is 9.97 Å². The van der Waals surface area contributed by atoms with E-state index < -0.39 is 0 Å². The van der Waals surface area contributed by atoms with Gasteiger partial charge in [-0.25, -0.2) is 9.97 Å². The largest absolute Gasteiger partial charge is 0.438 e. The second-order valence-corrected chi connectivity index (χ2v) is 5.75. The van der Waals surface area contributed by atoms with Gasteiger partial charge in [0.15, 0.2) is 0 Å². The predicted molar refractivity (Wildman–Crippen MR) is 90.5 cm³/mol. The van der Waals surface area contributed by atoms with Crippen molar-refractivity contribution in [2.75, 3.05) is 0 Å². The molecule has 0 saturated carbocycles. The molecule has 0 radical (unpaired) electrons. The number of rotatable bonds is 4. The zero-order valence-corrected chi connectivity index (χ0v) is 13.4. The third-order valence-electron chi connectivity index (χ3n) is 3.02. The van der Waals surface area contributed by atoms with Crippen LogP contribution in [0.3, 0.4) is 0 Å². The van der Waals surface area contributed by atoms with E-state index in [1.807, 2.05) is 18.2 Å². The highest BCUT2D eigenvalue weighted by atomic mass is 127. The van der Waals surface area contributed by atoms with E-state index in [4.69, 9.17) is 4.74 Å². The Morgan fingerprint density at radius 3 is 2.33 bits per heavy atom. The van der Waals surface area contributed by atoms with Crippen molar-refractivity contribution in [2.24, 2.45) is 0 Å². The summed E-state index contributed by atoms with van der Waals surface area (Å²) in [4.78, 5) is 8.07. The third-order valence-corrected chi connectivity index (χ3v) is 3.76. The topological polar surface area (TPSA) is 35.0 Å². The Balaban J connectivity index is 1.71. The van der Waals surface area contributed by atoms with Gasteiger partial charge in [0, 0.05) is 6.20 Å². The zero-order chi connectivity index (χ0) is 14.5. The van der Waals surface area contributed by atoms with Gasteiger partial charge >= 0.3 is 0 Å². The first-order chi connectivity index (χ1) is 10.3. The molecule has 0 aliphatic heterocycles. The summed E-state index contributed by atoms with van der Waals surface area (Å²) >= 11 is 2.16. The minimum Gasteiger partial charge on any atom is -0.438 e. The van der Waals surface area contributed by atoms with Crippen LogP contribution in [0.4, 0.5) is 0 Å². The lowest BCUT2D eigenvalue weighted by Gasteiger charge is -2.07. The maximum Gasteiger partial charge on any atom is 0.235 e. The molecule has 0 amide bonds. The van der Waals surface area contributed by atoms with Gasteiger partial charge < -0.3 is 4.74 Å². The normalized spacial score (nSPS) is 10.3. The molecule has 4 heteroatoms. The molecule has 1 aromatic heterocycles. The first-order valence-electron chi connectivity index (χ1n) is 6.57. The molecule has 0 aliphatic carbocycles. The highest BCUT2D eigenvalue weighted by molar-refractivity contribution is 14.1. The molecule has 3 nitrogen and oxygen atoms in total. The van der Waals surface area contributed by atoms with Gasteiger partial charge in [-0.15, -0.1) is 0 Å². The fraction of sp³-hybridized carbons (Fsp3) is 0.0588. The minimum atomic E-state index is 0.585. The maximum atomic E-state index is 5.76. The molecule has 21 heavy (non-hydrogen) atoms. The minimum absolute atomic E-state index is 0.585. The molecule has 3 aromatic rings. The van der Waals surface area contributed by atoms with Crippen molar-refractivity contribution in [3.05, 3.63) is 81.8 Å². The van der Waals surface area contributed by atoms with Gasteiger partial charge in [-0.1, -0.05) is 42.5 Å². The zero-order valence-electron chi connectivity index (χ0n) is 11.2. The molecule has 0 unspecified atom stereocenters. The Morgan fingerprint density at radius 1 is 0.905 bits per heavy atom. The summed E-state index contributed by atoms with van der Waals surface area (Å²) in [7, 11) is 0. The molecule has 3 rings (SSSR count). The first-order valence-corrected chi connectivity index (χ1v) is 7.65. The van der Waals surface area contributed by atoms with E-state index in [2.05, 4.69) is 69.0 Å². The van der Waals surface area contributed by atoms with Gasteiger partial charge in [-0.2, -0.15) is 0 Å². The van der Waals surface area contributed by atoms with E-state index in [9.17, 15) is 0 Å². The van der Waals surface area contributed by atoms with E-state index in [0.717, 1.165) is 15.7 Å². The van der Waals surface area contributed by atoms with E-state index in [1.54, 1.807) is 6.20 Å². The molecule has 0 aliphatic rings. The van der Waals surface area contributed by atoms with Crippen molar-refractivity contribution < 1.29 is 4.74 Å². The summed E-state index contributed by atoms with van der Waals surface area (Å²) in [5.74, 6) is 1.37. The van der Waals surface area contributed by atoms with Crippen LogP contribution in [0.2, 0.25) is 0 Å². The Labute approximate surface area is 137 Å². The van der Waals surface area contributed by atoms with Crippen LogP contribution < -0.4 is 4.74 Å². The summed E-state index contributed by atoms with van der Waals surface area (Å²) in [6, 6.07) is 18.5. The van der Waals surface area contributed by atoms with Crippen LogP contribution in [0.1, 0.15) is 11.1 Å². The van der Waals surface area contributed by atoms with Gasteiger partial charge in [0.05, 0.1) is 3.57 Å². The van der Waals surface area contributed by atoms with E-state index in [1.165, 1.54) is 17.5 Å². The molecular formula is C17H13IN2O. The summed E-state index contributed by atoms with van der Waals surface area (Å²) in [5.41, 5.74) is 2.56. The van der Waals surface area contributed by atoms with Crippen LogP contribution in [0.25, 0.3) is 0 Å². The number of benzene rings is 2. The molecule has 104 valence electrons. The second-order valence-electron chi connectivity index (χ2n) is 4.58. The molecule has 0 spiro atoms. The first kappa shape index (κ1) is 14.0. The van der Waals surface area contributed by atoms with E-state index >= 15 is 0 Å². The quantitative estimate of drug-likeness (QED) is 0.619. The van der Waals surface area contributed by atoms with Gasteiger partial charge in [-0.05, 0) is 52.3 Å². The van der Waals surface area contributed by atoms with Crippen molar-refractivity contribution in [1.29, 1.82) is 0 Å². The van der Waals surface area contributed by atoms with Gasteiger partial charge in [0.1, 0.15) is 12.1 Å². The van der Waals surface area contributed by atoms with Crippen molar-refractivity contribution in [1.82, 2.24) is 9.97 Å². The lowest BCUT2D eigenvalue weighted by molar-refractivity contribution is 0.457. The Kier molecular flexibility index (Phi) is 4.45. The van der Waals surface area contributed by atoms with E-state index in [0.29, 0.717) is 5.88 Å². The molecule has 0 atom stereocenters. The fourth-order valence-corrected chi connectivity index (χ4v) is 2.41. The summed E-state index contributed by atoms with van der Waals surface area (Å²) in [6.07, 6.45) is 4.14. The van der Waals surface area contributed by atoms with Gasteiger partial charge in [-0.3, -0.25) is 0 Å². The van der Waals surface area contributed by atoms with Crippen molar-refractivity contribution in [2.45, 2.75) is 6.42 Å². The van der Waals surface area contributed by atoms with Crippen molar-refractivity contribution in [3.8, 4) is 11.6 Å². The fourth-order valence-electron chi connectivity index (χ4n) is 2.00. The SMILES string of the molecule is Ic1cncnc1Oc1ccc(Cc2ccccc2)cc1. The highest BCUT2D eigenvalue weighted by Gasteiger charge is 2.04. The Hall–Kier alpha value is -1.95. The van der Waals surface area contributed by atoms with Crippen LogP contribution in [-0.2, 0) is 6.42 Å². The van der Waals surface area contributed by atoms with Crippen molar-refractivity contribution >= 4 is 22.6 Å². The second kappa shape index (κ2) is 6.67. The summed E-state index contributed by atoms with van der Waals surface area (Å²) < 4.78 is 6.65. The average Bonchev–Trinajstić information content (AvgIpc) is 2.52. The van der Waals surface area contributed by atoms with Crippen LogP contribution in [0.5, 0.6) is 11.6 Å². The number of ether oxygens (including phenoxy) is 1. The van der Waals surface area contributed by atoms with Crippen molar-refractivity contribution in [3.63, 3.8) is 0 Å². The summed E-state index contributed by atoms with van der Waals surface area (Å²) in [5, 5.41) is 0. The number of nitrogens with zero attached hydrogens (tertiary/aromatic N) is 2. The molecule has 1 heterocycles. The lowest BCUT2D eigenvalue weighted by Crippen LogP contribution is -1.92. The standard InChI is InChI=1S/C17H13IN2O/c18-16-11-19-12-20-17(16)21-15-8-6-14(7-9-15)10-13-4-2-1-3-5-13/h1-9,11-12H,10H2. The maximum absolute atomic E-state index is 5.76. The Bertz CT molecular complexity index is 714. The molecule has 0 N–H and O–H groups in total. The Morgan fingerprint density at radius 2 is 1.62 bits per heavy atom. The van der Waals surface area contributed by atoms with Gasteiger partial charge in [0.25, 0.3) is 0 Å². The average molecular weight is 388 g/mol. The number of hydrogen-bond acceptors (Lipinski definition) is 3. The number of halogens is 1.